The molecule has 2 aromatic heterocycles. The molecule has 1 fully saturated rings. The number of aromatic nitrogens is 2. The van der Waals surface area contributed by atoms with Crippen molar-refractivity contribution in [2.75, 3.05) is 26.3 Å². The number of rotatable bonds is 4. The number of hydrogen-bond acceptors (Lipinski definition) is 5. The van der Waals surface area contributed by atoms with Gasteiger partial charge in [0, 0.05) is 36.9 Å². The fraction of sp³-hybridized carbons (Fsp3) is 0.462. The second-order valence-electron chi connectivity index (χ2n) is 4.56. The molecule has 1 aliphatic rings. The highest BCUT2D eigenvalue weighted by atomic mass is 32.1. The van der Waals surface area contributed by atoms with Crippen LogP contribution >= 0.6 is 11.3 Å². The number of H-pyrrole nitrogens is 1. The molecule has 1 aliphatic heterocycles. The fourth-order valence-corrected chi connectivity index (χ4v) is 3.36. The van der Waals surface area contributed by atoms with Gasteiger partial charge in [-0.15, -0.1) is 11.3 Å². The van der Waals surface area contributed by atoms with E-state index in [9.17, 15) is 0 Å². The Kier molecular flexibility index (Phi) is 3.93. The van der Waals surface area contributed by atoms with Crippen LogP contribution in [0, 0.1) is 0 Å². The number of nitrogens with one attached hydrogen (secondary N) is 1. The van der Waals surface area contributed by atoms with Gasteiger partial charge in [-0.2, -0.15) is 0 Å². The lowest BCUT2D eigenvalue weighted by Gasteiger charge is -2.32. The van der Waals surface area contributed by atoms with Crippen molar-refractivity contribution in [1.82, 2.24) is 14.9 Å². The van der Waals surface area contributed by atoms with Gasteiger partial charge in [0.1, 0.15) is 11.0 Å². The fourth-order valence-electron chi connectivity index (χ4n) is 2.38. The molecule has 1 saturated heterocycles. The molecule has 0 bridgehead atoms. The zero-order chi connectivity index (χ0) is 13.1. The number of nitrogens with two attached hydrogens (primary N) is 1. The Morgan fingerprint density at radius 2 is 2.32 bits per heavy atom. The SMILES string of the molecule is NCc1csc(C(c2ccc[nH]2)N2CCOCC2)n1. The van der Waals surface area contributed by atoms with Crippen molar-refractivity contribution < 1.29 is 4.74 Å². The summed E-state index contributed by atoms with van der Waals surface area (Å²) < 4.78 is 5.44. The maximum atomic E-state index is 5.66. The van der Waals surface area contributed by atoms with Gasteiger partial charge in [-0.3, -0.25) is 4.90 Å². The Bertz CT molecular complexity index is 504. The Labute approximate surface area is 116 Å². The van der Waals surface area contributed by atoms with E-state index in [-0.39, 0.29) is 6.04 Å². The summed E-state index contributed by atoms with van der Waals surface area (Å²) in [6.45, 7) is 3.93. The monoisotopic (exact) mass is 278 g/mol. The number of hydrogen-bond donors (Lipinski definition) is 2. The molecule has 1 unspecified atom stereocenters. The smallest absolute Gasteiger partial charge is 0.116 e. The number of aromatic amines is 1. The summed E-state index contributed by atoms with van der Waals surface area (Å²) in [5.41, 5.74) is 7.81. The average Bonchev–Trinajstić information content (AvgIpc) is 3.12. The minimum Gasteiger partial charge on any atom is -0.379 e. The molecule has 2 aromatic rings. The summed E-state index contributed by atoms with van der Waals surface area (Å²) >= 11 is 1.68. The second kappa shape index (κ2) is 5.83. The lowest BCUT2D eigenvalue weighted by molar-refractivity contribution is 0.0232. The van der Waals surface area contributed by atoms with Crippen LogP contribution in [-0.4, -0.2) is 41.2 Å². The Hall–Kier alpha value is -1.21. The molecular weight excluding hydrogens is 260 g/mol. The van der Waals surface area contributed by atoms with Crippen LogP contribution in [0.3, 0.4) is 0 Å². The van der Waals surface area contributed by atoms with Gasteiger partial charge in [0.05, 0.1) is 18.9 Å². The molecule has 0 saturated carbocycles. The summed E-state index contributed by atoms with van der Waals surface area (Å²) in [4.78, 5) is 10.4. The average molecular weight is 278 g/mol. The molecule has 1 atom stereocenters. The van der Waals surface area contributed by atoms with E-state index in [0.29, 0.717) is 6.54 Å². The minimum atomic E-state index is 0.184. The molecule has 0 aromatic carbocycles. The maximum absolute atomic E-state index is 5.66. The Morgan fingerprint density at radius 3 is 2.95 bits per heavy atom. The van der Waals surface area contributed by atoms with Crippen molar-refractivity contribution >= 4 is 11.3 Å². The molecule has 0 amide bonds. The van der Waals surface area contributed by atoms with Crippen molar-refractivity contribution in [3.63, 3.8) is 0 Å². The van der Waals surface area contributed by atoms with E-state index in [0.717, 1.165) is 37.0 Å². The van der Waals surface area contributed by atoms with Gasteiger partial charge in [0.2, 0.25) is 0 Å². The van der Waals surface area contributed by atoms with E-state index >= 15 is 0 Å². The highest BCUT2D eigenvalue weighted by Crippen LogP contribution is 2.30. The minimum absolute atomic E-state index is 0.184. The van der Waals surface area contributed by atoms with Crippen LogP contribution in [0.5, 0.6) is 0 Å². The topological polar surface area (TPSA) is 67.2 Å². The van der Waals surface area contributed by atoms with Crippen molar-refractivity contribution in [2.45, 2.75) is 12.6 Å². The first-order valence-corrected chi connectivity index (χ1v) is 7.36. The lowest BCUT2D eigenvalue weighted by atomic mass is 10.1. The van der Waals surface area contributed by atoms with Crippen molar-refractivity contribution in [1.29, 1.82) is 0 Å². The van der Waals surface area contributed by atoms with E-state index in [1.54, 1.807) is 11.3 Å². The van der Waals surface area contributed by atoms with Gasteiger partial charge in [0.15, 0.2) is 0 Å². The van der Waals surface area contributed by atoms with Crippen LogP contribution in [0.25, 0.3) is 0 Å². The van der Waals surface area contributed by atoms with Crippen molar-refractivity contribution in [2.24, 2.45) is 5.73 Å². The van der Waals surface area contributed by atoms with Crippen molar-refractivity contribution in [3.8, 4) is 0 Å². The molecule has 3 heterocycles. The number of thiazole rings is 1. The summed E-state index contributed by atoms with van der Waals surface area (Å²) in [5.74, 6) is 0. The number of ether oxygens (including phenoxy) is 1. The maximum Gasteiger partial charge on any atom is 0.116 e. The highest BCUT2D eigenvalue weighted by molar-refractivity contribution is 7.09. The quantitative estimate of drug-likeness (QED) is 0.886. The van der Waals surface area contributed by atoms with Crippen molar-refractivity contribution in [3.05, 3.63) is 40.1 Å². The molecule has 102 valence electrons. The van der Waals surface area contributed by atoms with Crippen LogP contribution in [0.15, 0.2) is 23.7 Å². The third-order valence-electron chi connectivity index (χ3n) is 3.34. The summed E-state index contributed by atoms with van der Waals surface area (Å²) in [7, 11) is 0. The normalized spacial score (nSPS) is 18.6. The van der Waals surface area contributed by atoms with E-state index in [1.807, 2.05) is 17.6 Å². The molecule has 0 spiro atoms. The molecule has 5 nitrogen and oxygen atoms in total. The van der Waals surface area contributed by atoms with Gasteiger partial charge in [-0.1, -0.05) is 0 Å². The Morgan fingerprint density at radius 1 is 1.47 bits per heavy atom. The summed E-state index contributed by atoms with van der Waals surface area (Å²) in [5, 5.41) is 3.15. The number of nitrogens with zero attached hydrogens (tertiary/aromatic N) is 2. The van der Waals surface area contributed by atoms with E-state index in [2.05, 4.69) is 20.9 Å². The largest absolute Gasteiger partial charge is 0.379 e. The first-order chi connectivity index (χ1) is 9.38. The van der Waals surface area contributed by atoms with Crippen LogP contribution in [-0.2, 0) is 11.3 Å². The molecule has 19 heavy (non-hydrogen) atoms. The molecule has 6 heteroatoms. The molecule has 3 rings (SSSR count). The Balaban J connectivity index is 1.91. The molecule has 0 radical (unpaired) electrons. The molecule has 3 N–H and O–H groups in total. The van der Waals surface area contributed by atoms with Crippen LogP contribution < -0.4 is 5.73 Å². The standard InChI is InChI=1S/C13H18N4OS/c14-8-10-9-19-13(16-10)12(11-2-1-3-15-11)17-4-6-18-7-5-17/h1-3,9,12,15H,4-8,14H2. The first-order valence-electron chi connectivity index (χ1n) is 6.48. The van der Waals surface area contributed by atoms with Crippen LogP contribution in [0.4, 0.5) is 0 Å². The molecule has 0 aliphatic carbocycles. The zero-order valence-electron chi connectivity index (χ0n) is 10.7. The third-order valence-corrected chi connectivity index (χ3v) is 4.29. The zero-order valence-corrected chi connectivity index (χ0v) is 11.5. The van der Waals surface area contributed by atoms with Gasteiger partial charge in [-0.25, -0.2) is 4.98 Å². The van der Waals surface area contributed by atoms with E-state index in [4.69, 9.17) is 10.5 Å². The van der Waals surface area contributed by atoms with Gasteiger partial charge in [0.25, 0.3) is 0 Å². The lowest BCUT2D eigenvalue weighted by Crippen LogP contribution is -2.39. The number of morpholine rings is 1. The van der Waals surface area contributed by atoms with E-state index < -0.39 is 0 Å². The predicted molar refractivity (Wildman–Crippen MR) is 75.0 cm³/mol. The highest BCUT2D eigenvalue weighted by Gasteiger charge is 2.27. The third kappa shape index (κ3) is 2.71. The summed E-state index contributed by atoms with van der Waals surface area (Å²) in [6.07, 6.45) is 1.96. The second-order valence-corrected chi connectivity index (χ2v) is 5.45. The summed E-state index contributed by atoms with van der Waals surface area (Å²) in [6, 6.07) is 4.33. The van der Waals surface area contributed by atoms with E-state index in [1.165, 1.54) is 5.69 Å². The van der Waals surface area contributed by atoms with Gasteiger partial charge in [-0.05, 0) is 12.1 Å². The van der Waals surface area contributed by atoms with Gasteiger partial charge >= 0.3 is 0 Å². The first kappa shape index (κ1) is 12.8. The van der Waals surface area contributed by atoms with Crippen LogP contribution in [0.2, 0.25) is 0 Å². The van der Waals surface area contributed by atoms with Gasteiger partial charge < -0.3 is 15.5 Å². The predicted octanol–water partition coefficient (Wildman–Crippen LogP) is 1.35. The molecular formula is C13H18N4OS. The van der Waals surface area contributed by atoms with Crippen LogP contribution in [0.1, 0.15) is 22.4 Å².